The van der Waals surface area contributed by atoms with Gasteiger partial charge < -0.3 is 0 Å². The Morgan fingerprint density at radius 2 is 1.67 bits per heavy atom. The van der Waals surface area contributed by atoms with E-state index in [9.17, 15) is 9.59 Å². The van der Waals surface area contributed by atoms with E-state index < -0.39 is 5.92 Å². The summed E-state index contributed by atoms with van der Waals surface area (Å²) in [5, 5.41) is 0. The van der Waals surface area contributed by atoms with E-state index in [2.05, 4.69) is 0 Å². The summed E-state index contributed by atoms with van der Waals surface area (Å²) in [6.07, 6.45) is 0.692. The van der Waals surface area contributed by atoms with E-state index in [0.717, 1.165) is 0 Å². The zero-order chi connectivity index (χ0) is 12.0. The minimum atomic E-state index is -0.420. The van der Waals surface area contributed by atoms with E-state index in [1.165, 1.54) is 0 Å². The SMILES string of the molecule is CC1CC(C)(C)C(=O)C(C(C)(C)C)C1=O. The monoisotopic (exact) mass is 210 g/mol. The Kier molecular flexibility index (Phi) is 2.84. The molecule has 1 fully saturated rings. The summed E-state index contributed by atoms with van der Waals surface area (Å²) in [5.41, 5.74) is -0.592. The molecule has 0 spiro atoms. The molecule has 1 rings (SSSR count). The van der Waals surface area contributed by atoms with Gasteiger partial charge in [-0.15, -0.1) is 0 Å². The van der Waals surface area contributed by atoms with Crippen molar-refractivity contribution in [3.8, 4) is 0 Å². The van der Waals surface area contributed by atoms with E-state index in [-0.39, 0.29) is 28.3 Å². The maximum atomic E-state index is 12.2. The molecule has 0 aliphatic heterocycles. The molecule has 86 valence electrons. The van der Waals surface area contributed by atoms with Crippen molar-refractivity contribution in [3.63, 3.8) is 0 Å². The highest BCUT2D eigenvalue weighted by molar-refractivity contribution is 6.08. The first-order valence-electron chi connectivity index (χ1n) is 5.65. The molecule has 0 N–H and O–H groups in total. The number of ketones is 2. The average Bonchev–Trinajstić information content (AvgIpc) is 1.98. The first-order chi connectivity index (χ1) is 6.57. The fraction of sp³-hybridized carbons (Fsp3) is 0.846. The van der Waals surface area contributed by atoms with Crippen LogP contribution >= 0.6 is 0 Å². The number of hydrogen-bond acceptors (Lipinski definition) is 2. The number of rotatable bonds is 0. The standard InChI is InChI=1S/C13H22O2/c1-8-7-13(5,6)11(15)9(10(8)14)12(2,3)4/h8-9H,7H2,1-6H3. The molecule has 2 atom stereocenters. The zero-order valence-electron chi connectivity index (χ0n) is 10.7. The minimum absolute atomic E-state index is 0.0157. The molecular formula is C13H22O2. The summed E-state index contributed by atoms with van der Waals surface area (Å²) in [7, 11) is 0. The van der Waals surface area contributed by atoms with E-state index in [1.54, 1.807) is 0 Å². The van der Waals surface area contributed by atoms with Crippen LogP contribution in [0.25, 0.3) is 0 Å². The molecule has 2 unspecified atom stereocenters. The van der Waals surface area contributed by atoms with Gasteiger partial charge in [0, 0.05) is 11.3 Å². The molecule has 1 saturated carbocycles. The number of Topliss-reactive ketones (excluding diaryl/α,β-unsaturated/α-hetero) is 2. The van der Waals surface area contributed by atoms with Crippen molar-refractivity contribution < 1.29 is 9.59 Å². The first kappa shape index (κ1) is 12.4. The Labute approximate surface area is 92.4 Å². The van der Waals surface area contributed by atoms with Crippen LogP contribution in [0.4, 0.5) is 0 Å². The van der Waals surface area contributed by atoms with Crippen LogP contribution in [0.5, 0.6) is 0 Å². The normalized spacial score (nSPS) is 31.9. The van der Waals surface area contributed by atoms with Gasteiger partial charge in [-0.2, -0.15) is 0 Å². The summed E-state index contributed by atoms with van der Waals surface area (Å²) < 4.78 is 0. The average molecular weight is 210 g/mol. The van der Waals surface area contributed by atoms with Crippen LogP contribution in [0.1, 0.15) is 48.0 Å². The van der Waals surface area contributed by atoms with Gasteiger partial charge in [-0.1, -0.05) is 41.5 Å². The number of hydrogen-bond donors (Lipinski definition) is 0. The second kappa shape index (κ2) is 3.43. The third-order valence-electron chi connectivity index (χ3n) is 3.38. The van der Waals surface area contributed by atoms with Crippen LogP contribution in [-0.2, 0) is 9.59 Å². The fourth-order valence-corrected chi connectivity index (χ4v) is 2.59. The highest BCUT2D eigenvalue weighted by Crippen LogP contribution is 2.43. The molecule has 0 heterocycles. The second-order valence-corrected chi connectivity index (χ2v) is 6.55. The third-order valence-corrected chi connectivity index (χ3v) is 3.38. The Bertz CT molecular complexity index is 294. The summed E-state index contributed by atoms with van der Waals surface area (Å²) in [6, 6.07) is 0. The zero-order valence-corrected chi connectivity index (χ0v) is 10.7. The van der Waals surface area contributed by atoms with Crippen LogP contribution < -0.4 is 0 Å². The maximum absolute atomic E-state index is 12.2. The van der Waals surface area contributed by atoms with Gasteiger partial charge in [0.2, 0.25) is 0 Å². The van der Waals surface area contributed by atoms with E-state index >= 15 is 0 Å². The number of carbonyl (C=O) groups excluding carboxylic acids is 2. The second-order valence-electron chi connectivity index (χ2n) is 6.55. The van der Waals surface area contributed by atoms with Crippen molar-refractivity contribution in [2.45, 2.75) is 48.0 Å². The first-order valence-corrected chi connectivity index (χ1v) is 5.65. The summed E-state index contributed by atoms with van der Waals surface area (Å²) in [4.78, 5) is 24.3. The van der Waals surface area contributed by atoms with Crippen LogP contribution in [-0.4, -0.2) is 11.6 Å². The summed E-state index contributed by atoms with van der Waals surface area (Å²) >= 11 is 0. The van der Waals surface area contributed by atoms with Crippen LogP contribution in [0.2, 0.25) is 0 Å². The van der Waals surface area contributed by atoms with Crippen molar-refractivity contribution in [3.05, 3.63) is 0 Å². The number of carbonyl (C=O) groups is 2. The highest BCUT2D eigenvalue weighted by Gasteiger charge is 2.50. The van der Waals surface area contributed by atoms with Gasteiger partial charge in [-0.05, 0) is 11.8 Å². The molecule has 0 aromatic heterocycles. The molecule has 15 heavy (non-hydrogen) atoms. The topological polar surface area (TPSA) is 34.1 Å². The van der Waals surface area contributed by atoms with Gasteiger partial charge >= 0.3 is 0 Å². The van der Waals surface area contributed by atoms with Crippen LogP contribution in [0.15, 0.2) is 0 Å². The predicted molar refractivity (Wildman–Crippen MR) is 60.5 cm³/mol. The van der Waals surface area contributed by atoms with E-state index in [1.807, 2.05) is 41.5 Å². The molecule has 2 nitrogen and oxygen atoms in total. The molecule has 0 amide bonds. The van der Waals surface area contributed by atoms with Gasteiger partial charge in [0.15, 0.2) is 0 Å². The maximum Gasteiger partial charge on any atom is 0.149 e. The van der Waals surface area contributed by atoms with Crippen molar-refractivity contribution in [1.29, 1.82) is 0 Å². The minimum Gasteiger partial charge on any atom is -0.299 e. The fourth-order valence-electron chi connectivity index (χ4n) is 2.59. The van der Waals surface area contributed by atoms with E-state index in [4.69, 9.17) is 0 Å². The van der Waals surface area contributed by atoms with Crippen molar-refractivity contribution in [1.82, 2.24) is 0 Å². The Balaban J connectivity index is 3.13. The molecule has 0 aromatic carbocycles. The van der Waals surface area contributed by atoms with Crippen molar-refractivity contribution in [2.75, 3.05) is 0 Å². The lowest BCUT2D eigenvalue weighted by Crippen LogP contribution is -2.50. The van der Waals surface area contributed by atoms with E-state index in [0.29, 0.717) is 6.42 Å². The molecule has 1 aliphatic rings. The van der Waals surface area contributed by atoms with Crippen molar-refractivity contribution >= 4 is 11.6 Å². The van der Waals surface area contributed by atoms with Gasteiger partial charge in [-0.3, -0.25) is 9.59 Å². The molecule has 0 radical (unpaired) electrons. The van der Waals surface area contributed by atoms with Crippen molar-refractivity contribution in [2.24, 2.45) is 22.7 Å². The predicted octanol–water partition coefficient (Wildman–Crippen LogP) is 2.85. The van der Waals surface area contributed by atoms with Gasteiger partial charge in [0.25, 0.3) is 0 Å². The Hall–Kier alpha value is -0.660. The summed E-state index contributed by atoms with van der Waals surface area (Å²) in [6.45, 7) is 11.8. The molecule has 1 aliphatic carbocycles. The van der Waals surface area contributed by atoms with Gasteiger partial charge in [0.1, 0.15) is 11.6 Å². The molecule has 2 heteroatoms. The lowest BCUT2D eigenvalue weighted by molar-refractivity contribution is -0.150. The quantitative estimate of drug-likeness (QED) is 0.576. The van der Waals surface area contributed by atoms with Crippen LogP contribution in [0, 0.1) is 22.7 Å². The van der Waals surface area contributed by atoms with Crippen LogP contribution in [0.3, 0.4) is 0 Å². The largest absolute Gasteiger partial charge is 0.299 e. The highest BCUT2D eigenvalue weighted by atomic mass is 16.2. The lowest BCUT2D eigenvalue weighted by atomic mass is 9.59. The molecule has 0 bridgehead atoms. The Morgan fingerprint density at radius 1 is 1.20 bits per heavy atom. The Morgan fingerprint density at radius 3 is 2.07 bits per heavy atom. The molecule has 0 saturated heterocycles. The molecule has 0 aromatic rings. The molecular weight excluding hydrogens is 188 g/mol. The third kappa shape index (κ3) is 2.14. The van der Waals surface area contributed by atoms with Gasteiger partial charge in [0.05, 0.1) is 5.92 Å². The summed E-state index contributed by atoms with van der Waals surface area (Å²) in [5.74, 6) is -0.150. The van der Waals surface area contributed by atoms with Gasteiger partial charge in [-0.25, -0.2) is 0 Å². The smallest absolute Gasteiger partial charge is 0.149 e. The lowest BCUT2D eigenvalue weighted by Gasteiger charge is -2.41.